The van der Waals surface area contributed by atoms with Crippen LogP contribution >= 0.6 is 27.7 Å². The molecule has 2 unspecified atom stereocenters. The summed E-state index contributed by atoms with van der Waals surface area (Å²) < 4.78 is 14.8. The number of nitrogens with one attached hydrogen (secondary N) is 1. The average molecular weight is 449 g/mol. The molecule has 7 heteroatoms. The Morgan fingerprint density at radius 3 is 2.74 bits per heavy atom. The maximum atomic E-state index is 13.8. The fraction of sp³-hybridized carbons (Fsp3) is 0.300. The van der Waals surface area contributed by atoms with E-state index in [1.807, 2.05) is 24.3 Å². The van der Waals surface area contributed by atoms with Crippen molar-refractivity contribution in [3.63, 3.8) is 0 Å². The van der Waals surface area contributed by atoms with Gasteiger partial charge in [0, 0.05) is 28.8 Å². The van der Waals surface area contributed by atoms with Crippen LogP contribution in [-0.4, -0.2) is 28.5 Å². The maximum absolute atomic E-state index is 13.8. The Hall–Kier alpha value is -1.86. The number of thioether (sulfide) groups is 1. The monoisotopic (exact) mass is 448 g/mol. The lowest BCUT2D eigenvalue weighted by molar-refractivity contribution is -0.138. The van der Waals surface area contributed by atoms with E-state index in [4.69, 9.17) is 0 Å². The fourth-order valence-corrected chi connectivity index (χ4v) is 5.70. The van der Waals surface area contributed by atoms with Crippen LogP contribution < -0.4 is 5.32 Å². The van der Waals surface area contributed by atoms with E-state index in [1.165, 1.54) is 6.07 Å². The molecular weight excluding hydrogens is 431 g/mol. The lowest BCUT2D eigenvalue weighted by Crippen LogP contribution is -2.49. The minimum atomic E-state index is -0.541. The van der Waals surface area contributed by atoms with Gasteiger partial charge in [-0.3, -0.25) is 9.59 Å². The van der Waals surface area contributed by atoms with Gasteiger partial charge < -0.3 is 10.2 Å². The molecule has 0 aromatic heterocycles. The minimum absolute atomic E-state index is 0.00559. The molecule has 0 spiro atoms. The van der Waals surface area contributed by atoms with Gasteiger partial charge in [0.25, 0.3) is 0 Å². The third-order valence-corrected chi connectivity index (χ3v) is 7.26. The van der Waals surface area contributed by atoms with Gasteiger partial charge >= 0.3 is 0 Å². The van der Waals surface area contributed by atoms with E-state index >= 15 is 0 Å². The molecule has 2 fully saturated rings. The SMILES string of the molecule is O=C(NCc1ccccc1F)C1CSC2(c3ccc(Br)cc3)CCC(=O)N12. The van der Waals surface area contributed by atoms with Crippen molar-refractivity contribution in [3.05, 3.63) is 69.9 Å². The number of carbonyl (C=O) groups is 2. The molecule has 2 amide bonds. The molecule has 0 aliphatic carbocycles. The summed E-state index contributed by atoms with van der Waals surface area (Å²) in [7, 11) is 0. The Labute approximate surface area is 169 Å². The zero-order valence-electron chi connectivity index (χ0n) is 14.5. The smallest absolute Gasteiger partial charge is 0.244 e. The highest BCUT2D eigenvalue weighted by atomic mass is 79.9. The predicted molar refractivity (Wildman–Crippen MR) is 106 cm³/mol. The Morgan fingerprint density at radius 2 is 2.00 bits per heavy atom. The van der Waals surface area contributed by atoms with Gasteiger partial charge in [-0.15, -0.1) is 11.8 Å². The zero-order chi connectivity index (χ0) is 19.0. The van der Waals surface area contributed by atoms with Crippen LogP contribution in [-0.2, 0) is 21.0 Å². The molecule has 140 valence electrons. The van der Waals surface area contributed by atoms with Crippen LogP contribution in [0, 0.1) is 5.82 Å². The van der Waals surface area contributed by atoms with Gasteiger partial charge in [0.1, 0.15) is 16.7 Å². The van der Waals surface area contributed by atoms with Crippen molar-refractivity contribution in [2.45, 2.75) is 30.3 Å². The van der Waals surface area contributed by atoms with E-state index in [0.717, 1.165) is 10.0 Å². The van der Waals surface area contributed by atoms with E-state index in [2.05, 4.69) is 21.2 Å². The van der Waals surface area contributed by atoms with Crippen molar-refractivity contribution < 1.29 is 14.0 Å². The Morgan fingerprint density at radius 1 is 1.26 bits per heavy atom. The maximum Gasteiger partial charge on any atom is 0.244 e. The first-order chi connectivity index (χ1) is 13.0. The van der Waals surface area contributed by atoms with Gasteiger partial charge in [-0.05, 0) is 30.2 Å². The third kappa shape index (κ3) is 3.27. The second-order valence-electron chi connectivity index (χ2n) is 6.69. The second kappa shape index (κ2) is 7.28. The average Bonchev–Trinajstić information content (AvgIpc) is 3.21. The fourth-order valence-electron chi connectivity index (χ4n) is 3.79. The molecule has 2 aromatic rings. The summed E-state index contributed by atoms with van der Waals surface area (Å²) in [5, 5.41) is 2.80. The van der Waals surface area contributed by atoms with Crippen LogP contribution in [0.15, 0.2) is 53.0 Å². The Balaban J connectivity index is 1.54. The first kappa shape index (κ1) is 18.5. The lowest BCUT2D eigenvalue weighted by atomic mass is 10.0. The number of amides is 2. The van der Waals surface area contributed by atoms with E-state index < -0.39 is 10.9 Å². The van der Waals surface area contributed by atoms with Gasteiger partial charge in [-0.1, -0.05) is 46.3 Å². The van der Waals surface area contributed by atoms with E-state index in [0.29, 0.717) is 24.2 Å². The topological polar surface area (TPSA) is 49.4 Å². The minimum Gasteiger partial charge on any atom is -0.350 e. The number of fused-ring (bicyclic) bond motifs is 1. The summed E-state index contributed by atoms with van der Waals surface area (Å²) >= 11 is 5.08. The molecule has 2 atom stereocenters. The second-order valence-corrected chi connectivity index (χ2v) is 8.90. The van der Waals surface area contributed by atoms with Crippen molar-refractivity contribution in [2.75, 3.05) is 5.75 Å². The molecule has 0 saturated carbocycles. The van der Waals surface area contributed by atoms with Gasteiger partial charge in [0.05, 0.1) is 0 Å². The highest BCUT2D eigenvalue weighted by Crippen LogP contribution is 2.54. The van der Waals surface area contributed by atoms with Crippen LogP contribution in [0.2, 0.25) is 0 Å². The Bertz CT molecular complexity index is 892. The predicted octanol–water partition coefficient (Wildman–Crippen LogP) is 3.80. The van der Waals surface area contributed by atoms with E-state index in [-0.39, 0.29) is 24.2 Å². The summed E-state index contributed by atoms with van der Waals surface area (Å²) in [6.45, 7) is 0.111. The highest BCUT2D eigenvalue weighted by molar-refractivity contribution is 9.10. The van der Waals surface area contributed by atoms with Gasteiger partial charge in [0.15, 0.2) is 0 Å². The largest absolute Gasteiger partial charge is 0.350 e. The van der Waals surface area contributed by atoms with Gasteiger partial charge in [0.2, 0.25) is 11.8 Å². The quantitative estimate of drug-likeness (QED) is 0.773. The molecule has 0 bridgehead atoms. The van der Waals surface area contributed by atoms with Crippen LogP contribution in [0.3, 0.4) is 0 Å². The molecule has 2 aliphatic rings. The van der Waals surface area contributed by atoms with Crippen molar-refractivity contribution in [3.8, 4) is 0 Å². The van der Waals surface area contributed by atoms with Crippen LogP contribution in [0.25, 0.3) is 0 Å². The lowest BCUT2D eigenvalue weighted by Gasteiger charge is -2.34. The molecule has 27 heavy (non-hydrogen) atoms. The van der Waals surface area contributed by atoms with Crippen LogP contribution in [0.4, 0.5) is 4.39 Å². The normalized spacial score (nSPS) is 24.1. The number of benzene rings is 2. The summed E-state index contributed by atoms with van der Waals surface area (Å²) in [6, 6.07) is 13.7. The third-order valence-electron chi connectivity index (χ3n) is 5.14. The first-order valence-corrected chi connectivity index (χ1v) is 10.5. The van der Waals surface area contributed by atoms with Crippen molar-refractivity contribution in [1.29, 1.82) is 0 Å². The number of hydrogen-bond donors (Lipinski definition) is 1. The number of rotatable bonds is 4. The van der Waals surface area contributed by atoms with Gasteiger partial charge in [-0.25, -0.2) is 4.39 Å². The van der Waals surface area contributed by atoms with E-state index in [1.54, 1.807) is 34.9 Å². The number of nitrogens with zero attached hydrogens (tertiary/aromatic N) is 1. The molecule has 2 heterocycles. The zero-order valence-corrected chi connectivity index (χ0v) is 16.9. The molecule has 2 aliphatic heterocycles. The van der Waals surface area contributed by atoms with Crippen LogP contribution in [0.1, 0.15) is 24.0 Å². The number of hydrogen-bond acceptors (Lipinski definition) is 3. The van der Waals surface area contributed by atoms with E-state index in [9.17, 15) is 14.0 Å². The summed E-state index contributed by atoms with van der Waals surface area (Å²) in [6.07, 6.45) is 1.12. The number of halogens is 2. The van der Waals surface area contributed by atoms with Crippen LogP contribution in [0.5, 0.6) is 0 Å². The molecule has 2 aromatic carbocycles. The highest BCUT2D eigenvalue weighted by Gasteiger charge is 2.56. The Kier molecular flexibility index (Phi) is 4.99. The molecule has 0 radical (unpaired) electrons. The molecule has 2 saturated heterocycles. The molecular formula is C20H18BrFN2O2S. The standard InChI is InChI=1S/C20H18BrFN2O2S/c21-15-7-5-14(6-8-15)20-10-9-18(25)24(20)17(12-27-20)19(26)23-11-13-3-1-2-4-16(13)22/h1-8,17H,9-12H2,(H,23,26). The molecule has 1 N–H and O–H groups in total. The first-order valence-electron chi connectivity index (χ1n) is 8.74. The van der Waals surface area contributed by atoms with Gasteiger partial charge in [-0.2, -0.15) is 0 Å². The summed E-state index contributed by atoms with van der Waals surface area (Å²) in [5.74, 6) is -0.0562. The van der Waals surface area contributed by atoms with Crippen molar-refractivity contribution in [1.82, 2.24) is 10.2 Å². The summed E-state index contributed by atoms with van der Waals surface area (Å²) in [5.41, 5.74) is 1.47. The van der Waals surface area contributed by atoms with Crippen molar-refractivity contribution >= 4 is 39.5 Å². The molecule has 4 nitrogen and oxygen atoms in total. The van der Waals surface area contributed by atoms with Crippen molar-refractivity contribution in [2.24, 2.45) is 0 Å². The summed E-state index contributed by atoms with van der Waals surface area (Å²) in [4.78, 5) is 26.7. The molecule has 4 rings (SSSR count). The number of carbonyl (C=O) groups excluding carboxylic acids is 2.